The maximum absolute atomic E-state index is 12.6. The van der Waals surface area contributed by atoms with Gasteiger partial charge in [0, 0.05) is 17.3 Å². The van der Waals surface area contributed by atoms with Crippen molar-refractivity contribution < 1.29 is 0 Å². The predicted molar refractivity (Wildman–Crippen MR) is 96.3 cm³/mol. The molecule has 0 spiro atoms. The smallest absolute Gasteiger partial charge is 0.261 e. The number of nitrogens with zero attached hydrogens (tertiary/aromatic N) is 4. The van der Waals surface area contributed by atoms with Crippen LogP contribution in [0.5, 0.6) is 0 Å². The second-order valence-corrected chi connectivity index (χ2v) is 6.29. The van der Waals surface area contributed by atoms with E-state index in [0.29, 0.717) is 27.3 Å². The number of hydrogen-bond donors (Lipinski definition) is 0. The SMILES string of the molecule is Cc1ccn2c(=O)cc(Cn3cnc4ccc(Cl)cc4c3=O)nc2c1. The van der Waals surface area contributed by atoms with E-state index in [1.807, 2.05) is 19.1 Å². The summed E-state index contributed by atoms with van der Waals surface area (Å²) in [6.07, 6.45) is 3.15. The molecule has 0 fully saturated rings. The normalized spacial score (nSPS) is 11.3. The van der Waals surface area contributed by atoms with Gasteiger partial charge in [0.1, 0.15) is 5.65 Å². The topological polar surface area (TPSA) is 69.3 Å². The maximum Gasteiger partial charge on any atom is 0.261 e. The minimum atomic E-state index is -0.223. The predicted octanol–water partition coefficient (Wildman–Crippen LogP) is 2.41. The summed E-state index contributed by atoms with van der Waals surface area (Å²) >= 11 is 5.97. The lowest BCUT2D eigenvalue weighted by atomic mass is 10.2. The molecule has 0 unspecified atom stereocenters. The molecule has 3 aromatic heterocycles. The lowest BCUT2D eigenvalue weighted by molar-refractivity contribution is 0.726. The van der Waals surface area contributed by atoms with E-state index in [-0.39, 0.29) is 17.7 Å². The van der Waals surface area contributed by atoms with Crippen LogP contribution in [0.15, 0.2) is 58.5 Å². The molecule has 0 N–H and O–H groups in total. The monoisotopic (exact) mass is 352 g/mol. The number of fused-ring (bicyclic) bond motifs is 2. The van der Waals surface area contributed by atoms with E-state index in [1.54, 1.807) is 24.4 Å². The summed E-state index contributed by atoms with van der Waals surface area (Å²) in [6, 6.07) is 10.1. The van der Waals surface area contributed by atoms with Crippen molar-refractivity contribution in [2.24, 2.45) is 0 Å². The number of halogens is 1. The lowest BCUT2D eigenvalue weighted by Crippen LogP contribution is -2.23. The minimum absolute atomic E-state index is 0.161. The van der Waals surface area contributed by atoms with Crippen molar-refractivity contribution in [1.29, 1.82) is 0 Å². The zero-order chi connectivity index (χ0) is 17.6. The first-order chi connectivity index (χ1) is 12.0. The Bertz CT molecular complexity index is 1240. The molecule has 3 heterocycles. The Kier molecular flexibility index (Phi) is 3.62. The van der Waals surface area contributed by atoms with Crippen molar-refractivity contribution >= 4 is 28.2 Å². The summed E-state index contributed by atoms with van der Waals surface area (Å²) < 4.78 is 2.89. The molecular weight excluding hydrogens is 340 g/mol. The summed E-state index contributed by atoms with van der Waals surface area (Å²) in [5.74, 6) is 0. The molecule has 25 heavy (non-hydrogen) atoms. The first-order valence-electron chi connectivity index (χ1n) is 7.65. The van der Waals surface area contributed by atoms with Crippen LogP contribution in [0.1, 0.15) is 11.3 Å². The molecule has 0 amide bonds. The van der Waals surface area contributed by atoms with E-state index < -0.39 is 0 Å². The number of pyridine rings is 1. The second-order valence-electron chi connectivity index (χ2n) is 5.86. The van der Waals surface area contributed by atoms with Crippen LogP contribution in [0.2, 0.25) is 5.02 Å². The molecular formula is C18H13ClN4O2. The van der Waals surface area contributed by atoms with E-state index in [9.17, 15) is 9.59 Å². The van der Waals surface area contributed by atoms with E-state index in [2.05, 4.69) is 9.97 Å². The molecule has 0 aliphatic carbocycles. The molecule has 1 aromatic carbocycles. The van der Waals surface area contributed by atoms with Crippen molar-refractivity contribution in [2.75, 3.05) is 0 Å². The number of aromatic nitrogens is 4. The van der Waals surface area contributed by atoms with Crippen LogP contribution in [0.3, 0.4) is 0 Å². The summed E-state index contributed by atoms with van der Waals surface area (Å²) in [7, 11) is 0. The largest absolute Gasteiger partial charge is 0.293 e. The summed E-state index contributed by atoms with van der Waals surface area (Å²) in [4.78, 5) is 33.6. The molecule has 0 aliphatic rings. The Morgan fingerprint density at radius 2 is 1.96 bits per heavy atom. The molecule has 4 rings (SSSR count). The third-order valence-corrected chi connectivity index (χ3v) is 4.23. The van der Waals surface area contributed by atoms with Crippen molar-refractivity contribution in [1.82, 2.24) is 18.9 Å². The summed E-state index contributed by atoms with van der Waals surface area (Å²) in [6.45, 7) is 2.09. The van der Waals surface area contributed by atoms with E-state index in [4.69, 9.17) is 11.6 Å². The van der Waals surface area contributed by atoms with Crippen molar-refractivity contribution in [3.05, 3.63) is 85.9 Å². The molecule has 0 bridgehead atoms. The fourth-order valence-corrected chi connectivity index (χ4v) is 2.93. The molecule has 4 aromatic rings. The van der Waals surface area contributed by atoms with E-state index >= 15 is 0 Å². The molecule has 0 saturated heterocycles. The molecule has 0 atom stereocenters. The van der Waals surface area contributed by atoms with Gasteiger partial charge < -0.3 is 0 Å². The molecule has 0 aliphatic heterocycles. The molecule has 7 heteroatoms. The third kappa shape index (κ3) is 2.81. The van der Waals surface area contributed by atoms with Crippen LogP contribution < -0.4 is 11.1 Å². The van der Waals surface area contributed by atoms with Crippen LogP contribution in [0.4, 0.5) is 0 Å². The molecule has 0 saturated carbocycles. The van der Waals surface area contributed by atoms with Crippen LogP contribution in [0.25, 0.3) is 16.6 Å². The van der Waals surface area contributed by atoms with Gasteiger partial charge in [-0.15, -0.1) is 0 Å². The van der Waals surface area contributed by atoms with Gasteiger partial charge in [-0.3, -0.25) is 18.6 Å². The summed E-state index contributed by atoms with van der Waals surface area (Å²) in [5, 5.41) is 0.907. The van der Waals surface area contributed by atoms with Crippen LogP contribution >= 0.6 is 11.6 Å². The number of benzene rings is 1. The lowest BCUT2D eigenvalue weighted by Gasteiger charge is -2.08. The fraction of sp³-hybridized carbons (Fsp3) is 0.111. The third-order valence-electron chi connectivity index (χ3n) is 3.99. The summed E-state index contributed by atoms with van der Waals surface area (Å²) in [5.41, 5.74) is 2.22. The van der Waals surface area contributed by atoms with Gasteiger partial charge in [0.25, 0.3) is 11.1 Å². The minimum Gasteiger partial charge on any atom is -0.293 e. The average Bonchev–Trinajstić information content (AvgIpc) is 2.57. The highest BCUT2D eigenvalue weighted by Crippen LogP contribution is 2.14. The standard InChI is InChI=1S/C18H13ClN4O2/c1-11-4-5-23-16(6-11)21-13(8-17(23)24)9-22-10-20-15-3-2-12(19)7-14(15)18(22)25/h2-8,10H,9H2,1H3. The van der Waals surface area contributed by atoms with Crippen molar-refractivity contribution in [3.8, 4) is 0 Å². The van der Waals surface area contributed by atoms with Gasteiger partial charge in [-0.2, -0.15) is 0 Å². The van der Waals surface area contributed by atoms with Crippen LogP contribution in [-0.2, 0) is 6.54 Å². The van der Waals surface area contributed by atoms with E-state index in [0.717, 1.165) is 5.56 Å². The molecule has 124 valence electrons. The van der Waals surface area contributed by atoms with Gasteiger partial charge in [0.15, 0.2) is 0 Å². The Labute approximate surface area is 147 Å². The Morgan fingerprint density at radius 3 is 2.80 bits per heavy atom. The Hall–Kier alpha value is -2.99. The second kappa shape index (κ2) is 5.82. The number of rotatable bonds is 2. The quantitative estimate of drug-likeness (QED) is 0.555. The van der Waals surface area contributed by atoms with Gasteiger partial charge in [-0.1, -0.05) is 11.6 Å². The van der Waals surface area contributed by atoms with Gasteiger partial charge in [-0.25, -0.2) is 9.97 Å². The van der Waals surface area contributed by atoms with Gasteiger partial charge in [0.2, 0.25) is 0 Å². The Balaban J connectivity index is 1.84. The zero-order valence-corrected chi connectivity index (χ0v) is 14.1. The highest BCUT2D eigenvalue weighted by atomic mass is 35.5. The molecule has 0 radical (unpaired) electrons. The van der Waals surface area contributed by atoms with Crippen molar-refractivity contribution in [2.45, 2.75) is 13.5 Å². The van der Waals surface area contributed by atoms with Gasteiger partial charge in [0.05, 0.1) is 29.5 Å². The number of aryl methyl sites for hydroxylation is 1. The van der Waals surface area contributed by atoms with E-state index in [1.165, 1.54) is 21.4 Å². The maximum atomic E-state index is 12.6. The van der Waals surface area contributed by atoms with Crippen molar-refractivity contribution in [3.63, 3.8) is 0 Å². The first-order valence-corrected chi connectivity index (χ1v) is 8.03. The molecule has 6 nitrogen and oxygen atoms in total. The highest BCUT2D eigenvalue weighted by Gasteiger charge is 2.08. The fourth-order valence-electron chi connectivity index (χ4n) is 2.75. The zero-order valence-electron chi connectivity index (χ0n) is 13.3. The average molecular weight is 353 g/mol. The van der Waals surface area contributed by atoms with Gasteiger partial charge >= 0.3 is 0 Å². The van der Waals surface area contributed by atoms with Gasteiger partial charge in [-0.05, 0) is 42.8 Å². The number of hydrogen-bond acceptors (Lipinski definition) is 4. The highest BCUT2D eigenvalue weighted by molar-refractivity contribution is 6.31. The first kappa shape index (κ1) is 15.5. The van der Waals surface area contributed by atoms with Crippen LogP contribution in [0, 0.1) is 6.92 Å². The van der Waals surface area contributed by atoms with Crippen LogP contribution in [-0.4, -0.2) is 18.9 Å². The Morgan fingerprint density at radius 1 is 1.12 bits per heavy atom.